The summed E-state index contributed by atoms with van der Waals surface area (Å²) < 4.78 is 6.61. The first-order valence-electron chi connectivity index (χ1n) is 8.46. The Bertz CT molecular complexity index is 811. The number of aryl methyl sites for hydroxylation is 1. The third-order valence-electron chi connectivity index (χ3n) is 4.17. The molecule has 0 saturated heterocycles. The lowest BCUT2D eigenvalue weighted by Gasteiger charge is -2.28. The predicted octanol–water partition coefficient (Wildman–Crippen LogP) is 3.95. The van der Waals surface area contributed by atoms with E-state index in [4.69, 9.17) is 16.3 Å². The van der Waals surface area contributed by atoms with Gasteiger partial charge in [0.2, 0.25) is 5.91 Å². The molecule has 0 aliphatic rings. The highest BCUT2D eigenvalue weighted by Crippen LogP contribution is 2.22. The minimum atomic E-state index is -0.631. The number of likely N-dealkylation sites (N-methyl/N-ethyl adjacent to an activating group) is 1. The molecule has 7 heteroatoms. The number of hydrogen-bond acceptors (Lipinski definition) is 3. The number of rotatable bonds is 7. The maximum Gasteiger partial charge on any atom is 0.261 e. The second-order valence-corrected chi connectivity index (χ2v) is 7.43. The molecule has 0 fully saturated rings. The van der Waals surface area contributed by atoms with Gasteiger partial charge in [0, 0.05) is 23.1 Å². The number of nitrogens with zero attached hydrogens (tertiary/aromatic N) is 1. The zero-order valence-corrected chi connectivity index (χ0v) is 17.8. The van der Waals surface area contributed by atoms with Gasteiger partial charge in [0.1, 0.15) is 11.8 Å². The van der Waals surface area contributed by atoms with Crippen LogP contribution in [0.25, 0.3) is 0 Å². The lowest BCUT2D eigenvalue weighted by Crippen LogP contribution is -2.48. The average molecular weight is 454 g/mol. The molecule has 144 valence electrons. The quantitative estimate of drug-likeness (QED) is 0.690. The van der Waals surface area contributed by atoms with E-state index in [-0.39, 0.29) is 25.0 Å². The van der Waals surface area contributed by atoms with Crippen LogP contribution in [0, 0.1) is 6.92 Å². The molecule has 1 unspecified atom stereocenters. The van der Waals surface area contributed by atoms with Crippen LogP contribution >= 0.6 is 27.5 Å². The van der Waals surface area contributed by atoms with Crippen molar-refractivity contribution in [1.82, 2.24) is 10.2 Å². The lowest BCUT2D eigenvalue weighted by atomic mass is 10.1. The van der Waals surface area contributed by atoms with Crippen LogP contribution in [0.15, 0.2) is 46.9 Å². The van der Waals surface area contributed by atoms with E-state index >= 15 is 0 Å². The highest BCUT2D eigenvalue weighted by atomic mass is 79.9. The van der Waals surface area contributed by atoms with Crippen LogP contribution in [0.4, 0.5) is 0 Å². The standard InChI is InChI=1S/C20H22BrClN2O3/c1-13-10-17(8-9-18(13)21)27-12-19(25)24(14(2)20(26)23-3)11-15-4-6-16(22)7-5-15/h4-10,14H,11-12H2,1-3H3,(H,23,26). The van der Waals surface area contributed by atoms with E-state index in [1.54, 1.807) is 32.2 Å². The maximum absolute atomic E-state index is 12.8. The number of carbonyl (C=O) groups is 2. The molecule has 0 spiro atoms. The molecule has 2 amide bonds. The van der Waals surface area contributed by atoms with Gasteiger partial charge in [-0.1, -0.05) is 39.7 Å². The molecule has 0 aromatic heterocycles. The van der Waals surface area contributed by atoms with Crippen molar-refractivity contribution in [3.8, 4) is 5.75 Å². The Morgan fingerprint density at radius 3 is 2.48 bits per heavy atom. The Hall–Kier alpha value is -2.05. The number of hydrogen-bond donors (Lipinski definition) is 1. The molecule has 0 aliphatic heterocycles. The Morgan fingerprint density at radius 2 is 1.89 bits per heavy atom. The molecule has 2 rings (SSSR count). The Kier molecular flexibility index (Phi) is 7.68. The lowest BCUT2D eigenvalue weighted by molar-refractivity contribution is -0.142. The van der Waals surface area contributed by atoms with Crippen molar-refractivity contribution in [3.05, 3.63) is 63.1 Å². The van der Waals surface area contributed by atoms with Gasteiger partial charge >= 0.3 is 0 Å². The predicted molar refractivity (Wildman–Crippen MR) is 110 cm³/mol. The first-order valence-corrected chi connectivity index (χ1v) is 9.63. The molecule has 0 radical (unpaired) electrons. The summed E-state index contributed by atoms with van der Waals surface area (Å²) in [6.07, 6.45) is 0. The van der Waals surface area contributed by atoms with Crippen LogP contribution in [0.3, 0.4) is 0 Å². The van der Waals surface area contributed by atoms with Crippen LogP contribution in [-0.4, -0.2) is 36.4 Å². The second-order valence-electron chi connectivity index (χ2n) is 6.14. The summed E-state index contributed by atoms with van der Waals surface area (Å²) in [7, 11) is 1.55. The summed E-state index contributed by atoms with van der Waals surface area (Å²) in [6, 6.07) is 12.0. The number of nitrogens with one attached hydrogen (secondary N) is 1. The van der Waals surface area contributed by atoms with E-state index < -0.39 is 6.04 Å². The van der Waals surface area contributed by atoms with Gasteiger partial charge in [-0.15, -0.1) is 0 Å². The van der Waals surface area contributed by atoms with Gasteiger partial charge in [-0.3, -0.25) is 9.59 Å². The Balaban J connectivity index is 2.12. The van der Waals surface area contributed by atoms with Crippen LogP contribution in [0.2, 0.25) is 5.02 Å². The number of amides is 2. The van der Waals surface area contributed by atoms with Crippen molar-refractivity contribution in [2.75, 3.05) is 13.7 Å². The second kappa shape index (κ2) is 9.76. The van der Waals surface area contributed by atoms with Gasteiger partial charge in [-0.2, -0.15) is 0 Å². The van der Waals surface area contributed by atoms with Gasteiger partial charge in [0.05, 0.1) is 0 Å². The molecule has 0 aliphatic carbocycles. The summed E-state index contributed by atoms with van der Waals surface area (Å²) in [5.74, 6) is 0.0847. The monoisotopic (exact) mass is 452 g/mol. The molecule has 0 saturated carbocycles. The van der Waals surface area contributed by atoms with E-state index in [2.05, 4.69) is 21.2 Å². The summed E-state index contributed by atoms with van der Waals surface area (Å²) in [6.45, 7) is 3.76. The van der Waals surface area contributed by atoms with Gasteiger partial charge in [0.25, 0.3) is 5.91 Å². The zero-order chi connectivity index (χ0) is 20.0. The van der Waals surface area contributed by atoms with E-state index in [1.807, 2.05) is 31.2 Å². The first kappa shape index (κ1) is 21.3. The van der Waals surface area contributed by atoms with Gasteiger partial charge < -0.3 is 15.0 Å². The first-order chi connectivity index (χ1) is 12.8. The van der Waals surface area contributed by atoms with E-state index in [1.165, 1.54) is 4.90 Å². The topological polar surface area (TPSA) is 58.6 Å². The fourth-order valence-corrected chi connectivity index (χ4v) is 2.89. The van der Waals surface area contributed by atoms with Gasteiger partial charge in [-0.25, -0.2) is 0 Å². The van der Waals surface area contributed by atoms with Crippen LogP contribution in [-0.2, 0) is 16.1 Å². The highest BCUT2D eigenvalue weighted by Gasteiger charge is 2.25. The molecule has 5 nitrogen and oxygen atoms in total. The molecule has 0 heterocycles. The Labute approximate surface area is 172 Å². The summed E-state index contributed by atoms with van der Waals surface area (Å²) in [4.78, 5) is 26.4. The number of carbonyl (C=O) groups excluding carboxylic acids is 2. The maximum atomic E-state index is 12.8. The molecular weight excluding hydrogens is 432 g/mol. The van der Waals surface area contributed by atoms with Crippen molar-refractivity contribution in [1.29, 1.82) is 0 Å². The minimum absolute atomic E-state index is 0.157. The molecule has 1 atom stereocenters. The molecule has 2 aromatic carbocycles. The zero-order valence-electron chi connectivity index (χ0n) is 15.5. The number of halogens is 2. The Morgan fingerprint density at radius 1 is 1.22 bits per heavy atom. The van der Waals surface area contributed by atoms with Crippen LogP contribution < -0.4 is 10.1 Å². The smallest absolute Gasteiger partial charge is 0.261 e. The normalized spacial score (nSPS) is 11.6. The van der Waals surface area contributed by atoms with Crippen LogP contribution in [0.5, 0.6) is 5.75 Å². The summed E-state index contributed by atoms with van der Waals surface area (Å²) >= 11 is 9.35. The van der Waals surface area contributed by atoms with Crippen molar-refractivity contribution >= 4 is 39.3 Å². The van der Waals surface area contributed by atoms with E-state index in [0.717, 1.165) is 15.6 Å². The molecule has 0 bridgehead atoms. The molecule has 27 heavy (non-hydrogen) atoms. The van der Waals surface area contributed by atoms with Crippen molar-refractivity contribution in [2.24, 2.45) is 0 Å². The summed E-state index contributed by atoms with van der Waals surface area (Å²) in [5, 5.41) is 3.20. The highest BCUT2D eigenvalue weighted by molar-refractivity contribution is 9.10. The van der Waals surface area contributed by atoms with Crippen molar-refractivity contribution < 1.29 is 14.3 Å². The number of ether oxygens (including phenoxy) is 1. The minimum Gasteiger partial charge on any atom is -0.484 e. The van der Waals surface area contributed by atoms with E-state index in [0.29, 0.717) is 10.8 Å². The van der Waals surface area contributed by atoms with Crippen LogP contribution in [0.1, 0.15) is 18.1 Å². The average Bonchev–Trinajstić information content (AvgIpc) is 2.67. The SMILES string of the molecule is CNC(=O)C(C)N(Cc1ccc(Cl)cc1)C(=O)COc1ccc(Br)c(C)c1. The fraction of sp³-hybridized carbons (Fsp3) is 0.300. The van der Waals surface area contributed by atoms with Crippen molar-refractivity contribution in [3.63, 3.8) is 0 Å². The largest absolute Gasteiger partial charge is 0.484 e. The molecular formula is C20H22BrClN2O3. The third-order valence-corrected chi connectivity index (χ3v) is 5.31. The molecule has 1 N–H and O–H groups in total. The number of benzene rings is 2. The van der Waals surface area contributed by atoms with Gasteiger partial charge in [0.15, 0.2) is 6.61 Å². The fourth-order valence-electron chi connectivity index (χ4n) is 2.51. The van der Waals surface area contributed by atoms with Gasteiger partial charge in [-0.05, 0) is 55.3 Å². The summed E-state index contributed by atoms with van der Waals surface area (Å²) in [5.41, 5.74) is 1.89. The van der Waals surface area contributed by atoms with E-state index in [9.17, 15) is 9.59 Å². The van der Waals surface area contributed by atoms with Crippen molar-refractivity contribution in [2.45, 2.75) is 26.4 Å². The molecule has 2 aromatic rings. The third kappa shape index (κ3) is 5.97.